The summed E-state index contributed by atoms with van der Waals surface area (Å²) in [5.74, 6) is -0.523. The van der Waals surface area contributed by atoms with Crippen molar-refractivity contribution >= 4 is 12.0 Å². The highest BCUT2D eigenvalue weighted by atomic mass is 16.4. The van der Waals surface area contributed by atoms with E-state index in [-0.39, 0.29) is 12.1 Å². The highest BCUT2D eigenvalue weighted by Gasteiger charge is 2.39. The fraction of sp³-hybridized carbons (Fsp3) is 0.833. The standard InChI is InChI=1S/C12H21N3O3/c1-8(11(16)17)15-7-10(13-12(15)18)9-4-3-5-14(2)6-9/h8-10H,3-7H2,1-2H3,(H,13,18)(H,16,17). The number of rotatable bonds is 3. The van der Waals surface area contributed by atoms with Gasteiger partial charge in [-0.2, -0.15) is 0 Å². The Morgan fingerprint density at radius 3 is 2.83 bits per heavy atom. The van der Waals surface area contributed by atoms with Crippen molar-refractivity contribution in [2.45, 2.75) is 31.8 Å². The van der Waals surface area contributed by atoms with Gasteiger partial charge in [-0.3, -0.25) is 0 Å². The minimum atomic E-state index is -0.952. The molecule has 0 bridgehead atoms. The van der Waals surface area contributed by atoms with Gasteiger partial charge in [0.25, 0.3) is 0 Å². The van der Waals surface area contributed by atoms with Crippen LogP contribution in [0.25, 0.3) is 0 Å². The number of nitrogens with zero attached hydrogens (tertiary/aromatic N) is 2. The van der Waals surface area contributed by atoms with Gasteiger partial charge in [-0.15, -0.1) is 0 Å². The molecule has 6 nitrogen and oxygen atoms in total. The predicted molar refractivity (Wildman–Crippen MR) is 66.3 cm³/mol. The SMILES string of the molecule is CC(C(=O)O)N1CC(C2CCCN(C)C2)NC1=O. The zero-order chi connectivity index (χ0) is 13.3. The van der Waals surface area contributed by atoms with Crippen LogP contribution in [-0.4, -0.2) is 65.7 Å². The van der Waals surface area contributed by atoms with Crippen LogP contribution in [0.5, 0.6) is 0 Å². The first-order valence-corrected chi connectivity index (χ1v) is 6.47. The number of aliphatic carboxylic acids is 1. The lowest BCUT2D eigenvalue weighted by Gasteiger charge is -2.33. The van der Waals surface area contributed by atoms with Crippen molar-refractivity contribution < 1.29 is 14.7 Å². The Morgan fingerprint density at radius 2 is 2.22 bits per heavy atom. The van der Waals surface area contributed by atoms with Crippen LogP contribution in [-0.2, 0) is 4.79 Å². The second kappa shape index (κ2) is 5.14. The molecule has 0 saturated carbocycles. The van der Waals surface area contributed by atoms with Crippen LogP contribution in [0.4, 0.5) is 4.79 Å². The molecule has 18 heavy (non-hydrogen) atoms. The average Bonchev–Trinajstić information content (AvgIpc) is 2.70. The lowest BCUT2D eigenvalue weighted by Crippen LogP contribution is -2.43. The zero-order valence-corrected chi connectivity index (χ0v) is 10.9. The van der Waals surface area contributed by atoms with Crippen LogP contribution in [0, 0.1) is 5.92 Å². The van der Waals surface area contributed by atoms with Crippen molar-refractivity contribution in [2.75, 3.05) is 26.7 Å². The summed E-state index contributed by atoms with van der Waals surface area (Å²) in [6.07, 6.45) is 2.24. The monoisotopic (exact) mass is 255 g/mol. The van der Waals surface area contributed by atoms with Crippen LogP contribution in [0.15, 0.2) is 0 Å². The van der Waals surface area contributed by atoms with E-state index < -0.39 is 12.0 Å². The molecule has 2 aliphatic heterocycles. The van der Waals surface area contributed by atoms with Crippen molar-refractivity contribution in [3.63, 3.8) is 0 Å². The smallest absolute Gasteiger partial charge is 0.326 e. The summed E-state index contributed by atoms with van der Waals surface area (Å²) in [5.41, 5.74) is 0. The Morgan fingerprint density at radius 1 is 1.50 bits per heavy atom. The summed E-state index contributed by atoms with van der Waals surface area (Å²) >= 11 is 0. The molecule has 2 heterocycles. The first-order valence-electron chi connectivity index (χ1n) is 6.47. The summed E-state index contributed by atoms with van der Waals surface area (Å²) in [7, 11) is 2.08. The fourth-order valence-corrected chi connectivity index (χ4v) is 2.85. The van der Waals surface area contributed by atoms with Crippen molar-refractivity contribution in [3.8, 4) is 0 Å². The molecule has 0 spiro atoms. The Labute approximate surface area is 107 Å². The van der Waals surface area contributed by atoms with Crippen molar-refractivity contribution in [1.82, 2.24) is 15.1 Å². The molecule has 6 heteroatoms. The summed E-state index contributed by atoms with van der Waals surface area (Å²) in [5, 5.41) is 11.9. The number of likely N-dealkylation sites (tertiary alicyclic amines) is 1. The van der Waals surface area contributed by atoms with Crippen LogP contribution in [0.3, 0.4) is 0 Å². The molecular formula is C12H21N3O3. The highest BCUT2D eigenvalue weighted by molar-refractivity contribution is 5.84. The van der Waals surface area contributed by atoms with Gasteiger partial charge in [0.15, 0.2) is 0 Å². The third-order valence-electron chi connectivity index (χ3n) is 4.02. The van der Waals surface area contributed by atoms with Gasteiger partial charge in [0.05, 0.1) is 6.04 Å². The number of nitrogens with one attached hydrogen (secondary N) is 1. The van der Waals surface area contributed by atoms with Gasteiger partial charge >= 0.3 is 12.0 Å². The normalized spacial score (nSPS) is 31.2. The molecule has 0 aromatic rings. The van der Waals surface area contributed by atoms with E-state index in [0.717, 1.165) is 25.9 Å². The van der Waals surface area contributed by atoms with Gasteiger partial charge in [-0.25, -0.2) is 9.59 Å². The summed E-state index contributed by atoms with van der Waals surface area (Å²) < 4.78 is 0. The molecule has 0 radical (unpaired) electrons. The van der Waals surface area contributed by atoms with Gasteiger partial charge in [-0.05, 0) is 39.3 Å². The molecular weight excluding hydrogens is 234 g/mol. The van der Waals surface area contributed by atoms with Crippen molar-refractivity contribution in [2.24, 2.45) is 5.92 Å². The number of amides is 2. The number of carbonyl (C=O) groups is 2. The Kier molecular flexibility index (Phi) is 3.75. The largest absolute Gasteiger partial charge is 0.480 e. The number of carbonyl (C=O) groups excluding carboxylic acids is 1. The van der Waals surface area contributed by atoms with E-state index in [9.17, 15) is 9.59 Å². The predicted octanol–water partition coefficient (Wildman–Crippen LogP) is 0.195. The molecule has 3 unspecified atom stereocenters. The zero-order valence-electron chi connectivity index (χ0n) is 10.9. The van der Waals surface area contributed by atoms with Gasteiger partial charge in [0.2, 0.25) is 0 Å². The number of hydrogen-bond acceptors (Lipinski definition) is 3. The molecule has 2 aliphatic rings. The van der Waals surface area contributed by atoms with Crippen LogP contribution >= 0.6 is 0 Å². The molecule has 3 atom stereocenters. The highest BCUT2D eigenvalue weighted by Crippen LogP contribution is 2.23. The topological polar surface area (TPSA) is 72.9 Å². The third-order valence-corrected chi connectivity index (χ3v) is 4.02. The van der Waals surface area contributed by atoms with Crippen LogP contribution < -0.4 is 5.32 Å². The summed E-state index contributed by atoms with van der Waals surface area (Å²) in [6.45, 7) is 4.13. The molecule has 0 aromatic heterocycles. The minimum absolute atomic E-state index is 0.0852. The number of carboxylic acids is 1. The third kappa shape index (κ3) is 2.58. The van der Waals surface area contributed by atoms with E-state index >= 15 is 0 Å². The van der Waals surface area contributed by atoms with Gasteiger partial charge < -0.3 is 20.2 Å². The lowest BCUT2D eigenvalue weighted by atomic mass is 9.91. The van der Waals surface area contributed by atoms with Gasteiger partial charge in [0, 0.05) is 13.1 Å². The molecule has 102 valence electrons. The van der Waals surface area contributed by atoms with E-state index in [2.05, 4.69) is 17.3 Å². The fourth-order valence-electron chi connectivity index (χ4n) is 2.85. The van der Waals surface area contributed by atoms with Crippen LogP contribution in [0.2, 0.25) is 0 Å². The molecule has 0 aromatic carbocycles. The minimum Gasteiger partial charge on any atom is -0.480 e. The van der Waals surface area contributed by atoms with Crippen molar-refractivity contribution in [3.05, 3.63) is 0 Å². The first-order chi connectivity index (χ1) is 8.49. The maximum absolute atomic E-state index is 11.8. The quantitative estimate of drug-likeness (QED) is 0.755. The summed E-state index contributed by atoms with van der Waals surface area (Å²) in [6, 6.07) is -0.915. The molecule has 2 saturated heterocycles. The van der Waals surface area contributed by atoms with Crippen LogP contribution in [0.1, 0.15) is 19.8 Å². The molecule has 0 aliphatic carbocycles. The second-order valence-corrected chi connectivity index (χ2v) is 5.39. The maximum Gasteiger partial charge on any atom is 0.326 e. The van der Waals surface area contributed by atoms with E-state index in [1.54, 1.807) is 6.92 Å². The van der Waals surface area contributed by atoms with Gasteiger partial charge in [0.1, 0.15) is 6.04 Å². The lowest BCUT2D eigenvalue weighted by molar-refractivity contribution is -0.141. The van der Waals surface area contributed by atoms with E-state index in [1.807, 2.05) is 0 Å². The average molecular weight is 255 g/mol. The van der Waals surface area contributed by atoms with Gasteiger partial charge in [-0.1, -0.05) is 0 Å². The number of carboxylic acid groups (broad SMARTS) is 1. The van der Waals surface area contributed by atoms with E-state index in [1.165, 1.54) is 4.90 Å². The number of hydrogen-bond donors (Lipinski definition) is 2. The molecule has 2 fully saturated rings. The van der Waals surface area contributed by atoms with E-state index in [0.29, 0.717) is 12.5 Å². The number of urea groups is 1. The van der Waals surface area contributed by atoms with E-state index in [4.69, 9.17) is 5.11 Å². The second-order valence-electron chi connectivity index (χ2n) is 5.39. The summed E-state index contributed by atoms with van der Waals surface area (Å²) in [4.78, 5) is 26.4. The van der Waals surface area contributed by atoms with Crippen molar-refractivity contribution in [1.29, 1.82) is 0 Å². The first kappa shape index (κ1) is 13.1. The molecule has 2 rings (SSSR count). The number of piperidine rings is 1. The Hall–Kier alpha value is -1.30. The molecule has 2 amide bonds. The molecule has 2 N–H and O–H groups in total. The maximum atomic E-state index is 11.8. The Balaban J connectivity index is 1.97. The Bertz CT molecular complexity index is 347.